The molecule has 1 saturated carbocycles. The molecule has 3 heterocycles. The summed E-state index contributed by atoms with van der Waals surface area (Å²) < 4.78 is 14.3. The lowest BCUT2D eigenvalue weighted by Gasteiger charge is -2.43. The van der Waals surface area contributed by atoms with Crippen molar-refractivity contribution in [3.63, 3.8) is 0 Å². The van der Waals surface area contributed by atoms with Crippen LogP contribution in [-0.4, -0.2) is 65.9 Å². The molecule has 3 fully saturated rings. The molecule has 0 radical (unpaired) electrons. The summed E-state index contributed by atoms with van der Waals surface area (Å²) in [7, 11) is 0. The molecule has 1 aromatic heterocycles. The average molecular weight is 467 g/mol. The van der Waals surface area contributed by atoms with Crippen LogP contribution in [0.25, 0.3) is 10.9 Å². The molecule has 1 aliphatic carbocycles. The Kier molecular flexibility index (Phi) is 6.21. The van der Waals surface area contributed by atoms with Gasteiger partial charge in [-0.1, -0.05) is 26.7 Å². The van der Waals surface area contributed by atoms with Gasteiger partial charge in [0.15, 0.2) is 0 Å². The minimum atomic E-state index is -0.319. The van der Waals surface area contributed by atoms with Crippen LogP contribution in [0.4, 0.5) is 10.1 Å². The van der Waals surface area contributed by atoms with Gasteiger partial charge in [0.1, 0.15) is 5.82 Å². The van der Waals surface area contributed by atoms with Crippen LogP contribution in [0.5, 0.6) is 0 Å². The number of hydrogen-bond donors (Lipinski definition) is 0. The molecule has 2 aromatic rings. The van der Waals surface area contributed by atoms with Crippen molar-refractivity contribution < 1.29 is 14.0 Å². The molecular weight excluding hydrogens is 431 g/mol. The first kappa shape index (κ1) is 23.1. The number of amides is 2. The summed E-state index contributed by atoms with van der Waals surface area (Å²) in [5.41, 5.74) is 2.40. The molecule has 0 bridgehead atoms. The van der Waals surface area contributed by atoms with Crippen LogP contribution in [0.3, 0.4) is 0 Å². The van der Waals surface area contributed by atoms with E-state index < -0.39 is 0 Å². The first-order valence-corrected chi connectivity index (χ1v) is 12.9. The fourth-order valence-electron chi connectivity index (χ4n) is 5.70. The molecule has 2 aliphatic heterocycles. The summed E-state index contributed by atoms with van der Waals surface area (Å²) in [5, 5.41) is 0.703. The van der Waals surface area contributed by atoms with Crippen molar-refractivity contribution in [2.45, 2.75) is 52.4 Å². The molecule has 7 heteroatoms. The van der Waals surface area contributed by atoms with E-state index in [1.54, 1.807) is 12.3 Å². The third kappa shape index (κ3) is 4.25. The van der Waals surface area contributed by atoms with E-state index in [1.807, 2.05) is 9.80 Å². The van der Waals surface area contributed by atoms with Gasteiger partial charge in [-0.25, -0.2) is 4.39 Å². The van der Waals surface area contributed by atoms with Crippen molar-refractivity contribution >= 4 is 28.4 Å². The van der Waals surface area contributed by atoms with Crippen molar-refractivity contribution in [2.75, 3.05) is 44.2 Å². The lowest BCUT2D eigenvalue weighted by Crippen LogP contribution is -2.51. The average Bonchev–Trinajstić information content (AvgIpc) is 3.73. The Bertz CT molecular complexity index is 1080. The Morgan fingerprint density at radius 3 is 2.26 bits per heavy atom. The predicted octanol–water partition coefficient (Wildman–Crippen LogP) is 4.47. The highest BCUT2D eigenvalue weighted by atomic mass is 19.1. The highest BCUT2D eigenvalue weighted by Gasteiger charge is 2.37. The molecule has 182 valence electrons. The van der Waals surface area contributed by atoms with E-state index in [1.165, 1.54) is 12.1 Å². The molecule has 0 unspecified atom stereocenters. The van der Waals surface area contributed by atoms with Gasteiger partial charge >= 0.3 is 0 Å². The van der Waals surface area contributed by atoms with E-state index in [2.05, 4.69) is 23.7 Å². The van der Waals surface area contributed by atoms with Crippen molar-refractivity contribution in [1.29, 1.82) is 0 Å². The highest BCUT2D eigenvalue weighted by molar-refractivity contribution is 6.07. The first-order chi connectivity index (χ1) is 16.4. The first-order valence-electron chi connectivity index (χ1n) is 12.9. The van der Waals surface area contributed by atoms with Gasteiger partial charge in [0.2, 0.25) is 5.91 Å². The molecule has 0 N–H and O–H groups in total. The van der Waals surface area contributed by atoms with Gasteiger partial charge in [-0.2, -0.15) is 0 Å². The maximum Gasteiger partial charge on any atom is 0.257 e. The fourth-order valence-corrected chi connectivity index (χ4v) is 5.70. The smallest absolute Gasteiger partial charge is 0.257 e. The van der Waals surface area contributed by atoms with Crippen LogP contribution in [0, 0.1) is 17.2 Å². The van der Waals surface area contributed by atoms with Crippen LogP contribution >= 0.6 is 0 Å². The molecular formula is C27H35FN4O2. The maximum atomic E-state index is 14.3. The lowest BCUT2D eigenvalue weighted by molar-refractivity contribution is -0.134. The molecule has 2 saturated heterocycles. The number of piperidine rings is 1. The molecule has 5 rings (SSSR count). The van der Waals surface area contributed by atoms with E-state index in [9.17, 15) is 14.0 Å². The fraction of sp³-hybridized carbons (Fsp3) is 0.593. The number of halogens is 1. The Labute approximate surface area is 201 Å². The Morgan fingerprint density at radius 1 is 1.00 bits per heavy atom. The number of anilines is 1. The highest BCUT2D eigenvalue weighted by Crippen LogP contribution is 2.41. The zero-order valence-corrected chi connectivity index (χ0v) is 20.4. The van der Waals surface area contributed by atoms with Crippen molar-refractivity contribution in [3.05, 3.63) is 35.8 Å². The minimum absolute atomic E-state index is 0.0741. The number of rotatable bonds is 5. The van der Waals surface area contributed by atoms with Crippen LogP contribution < -0.4 is 4.90 Å². The van der Waals surface area contributed by atoms with Gasteiger partial charge in [-0.05, 0) is 49.3 Å². The molecule has 34 heavy (non-hydrogen) atoms. The summed E-state index contributed by atoms with van der Waals surface area (Å²) in [6.45, 7) is 8.41. The number of pyridine rings is 1. The van der Waals surface area contributed by atoms with Gasteiger partial charge in [0.05, 0.1) is 16.8 Å². The molecule has 0 spiro atoms. The summed E-state index contributed by atoms with van der Waals surface area (Å²) in [6.07, 6.45) is 8.09. The molecule has 2 amide bonds. The Hall–Kier alpha value is -2.70. The van der Waals surface area contributed by atoms with Crippen LogP contribution in [-0.2, 0) is 4.79 Å². The lowest BCUT2D eigenvalue weighted by atomic mass is 9.74. The SMILES string of the molecule is CCC1(CC)CCN(c2c(C(=O)N3CCN(C(=O)C4CC4)CC3)cnc3ccc(F)cc23)CC1. The normalized spacial score (nSPS) is 20.6. The quantitative estimate of drug-likeness (QED) is 0.652. The largest absolute Gasteiger partial charge is 0.370 e. The number of benzene rings is 1. The van der Waals surface area contributed by atoms with Gasteiger partial charge in [-0.15, -0.1) is 0 Å². The second kappa shape index (κ2) is 9.16. The summed E-state index contributed by atoms with van der Waals surface area (Å²) in [6, 6.07) is 4.63. The van der Waals surface area contributed by atoms with Crippen molar-refractivity contribution in [3.8, 4) is 0 Å². The summed E-state index contributed by atoms with van der Waals surface area (Å²) in [4.78, 5) is 36.7. The van der Waals surface area contributed by atoms with E-state index in [0.29, 0.717) is 48.1 Å². The molecule has 1 aromatic carbocycles. The third-order valence-corrected chi connectivity index (χ3v) is 8.48. The number of fused-ring (bicyclic) bond motifs is 1. The van der Waals surface area contributed by atoms with E-state index >= 15 is 0 Å². The Morgan fingerprint density at radius 2 is 1.65 bits per heavy atom. The molecule has 3 aliphatic rings. The number of nitrogens with zero attached hydrogens (tertiary/aromatic N) is 4. The summed E-state index contributed by atoms with van der Waals surface area (Å²) in [5.74, 6) is 0.0426. The maximum absolute atomic E-state index is 14.3. The number of carbonyl (C=O) groups excluding carboxylic acids is 2. The van der Waals surface area contributed by atoms with Crippen LogP contribution in [0.15, 0.2) is 24.4 Å². The zero-order valence-electron chi connectivity index (χ0n) is 20.4. The van der Waals surface area contributed by atoms with Gasteiger partial charge in [0.25, 0.3) is 5.91 Å². The topological polar surface area (TPSA) is 56.8 Å². The Balaban J connectivity index is 1.43. The molecule has 6 nitrogen and oxygen atoms in total. The van der Waals surface area contributed by atoms with E-state index in [-0.39, 0.29) is 23.5 Å². The zero-order chi connectivity index (χ0) is 23.9. The van der Waals surface area contributed by atoms with E-state index in [0.717, 1.165) is 57.3 Å². The van der Waals surface area contributed by atoms with Gasteiger partial charge < -0.3 is 14.7 Å². The van der Waals surface area contributed by atoms with Crippen LogP contribution in [0.2, 0.25) is 0 Å². The number of piperazine rings is 1. The second-order valence-electron chi connectivity index (χ2n) is 10.3. The number of carbonyl (C=O) groups is 2. The van der Waals surface area contributed by atoms with Gasteiger partial charge in [0, 0.05) is 56.8 Å². The second-order valence-corrected chi connectivity index (χ2v) is 10.3. The molecule has 0 atom stereocenters. The predicted molar refractivity (Wildman–Crippen MR) is 131 cm³/mol. The van der Waals surface area contributed by atoms with Gasteiger partial charge in [-0.3, -0.25) is 14.6 Å². The number of aromatic nitrogens is 1. The summed E-state index contributed by atoms with van der Waals surface area (Å²) >= 11 is 0. The van der Waals surface area contributed by atoms with Crippen molar-refractivity contribution in [2.24, 2.45) is 11.3 Å². The van der Waals surface area contributed by atoms with Crippen molar-refractivity contribution in [1.82, 2.24) is 14.8 Å². The van der Waals surface area contributed by atoms with Crippen LogP contribution in [0.1, 0.15) is 62.7 Å². The monoisotopic (exact) mass is 466 g/mol. The third-order valence-electron chi connectivity index (χ3n) is 8.48. The van der Waals surface area contributed by atoms with E-state index in [4.69, 9.17) is 0 Å². The standard InChI is InChI=1S/C27H35FN4O2/c1-3-27(4-2)9-11-30(12-10-27)24-21-17-20(28)7-8-23(21)29-18-22(24)26(34)32-15-13-31(14-16-32)25(33)19-5-6-19/h7-8,17-19H,3-6,9-16H2,1-2H3. The number of hydrogen-bond acceptors (Lipinski definition) is 4. The minimum Gasteiger partial charge on any atom is -0.370 e.